The van der Waals surface area contributed by atoms with Crippen LogP contribution in [0.1, 0.15) is 0 Å². The van der Waals surface area contributed by atoms with Crippen molar-refractivity contribution in [1.29, 1.82) is 0 Å². The highest BCUT2D eigenvalue weighted by Gasteiger charge is 2.14. The number of aromatic amines is 1. The number of fused-ring (bicyclic) bond motifs is 1. The summed E-state index contributed by atoms with van der Waals surface area (Å²) in [5.41, 5.74) is 1.13. The van der Waals surface area contributed by atoms with Crippen LogP contribution in [0.4, 0.5) is 5.69 Å². The topological polar surface area (TPSA) is 92.2 Å². The number of nitrogens with one attached hydrogen (secondary N) is 2. The smallest absolute Gasteiger partial charge is 0.408 e. The van der Waals surface area contributed by atoms with Crippen LogP contribution in [0.3, 0.4) is 0 Å². The van der Waals surface area contributed by atoms with Gasteiger partial charge in [-0.05, 0) is 24.3 Å². The molecular weight excluding hydrogens is 280 g/mol. The first-order chi connectivity index (χ1) is 9.54. The molecule has 0 saturated carbocycles. The zero-order chi connectivity index (χ0) is 14.2. The highest BCUT2D eigenvalue weighted by atomic mass is 32.2. The maximum absolute atomic E-state index is 12.1. The van der Waals surface area contributed by atoms with Gasteiger partial charge in [-0.2, -0.15) is 0 Å². The molecule has 7 heteroatoms. The lowest BCUT2D eigenvalue weighted by Crippen LogP contribution is -2.12. The second kappa shape index (κ2) is 4.53. The van der Waals surface area contributed by atoms with Crippen LogP contribution >= 0.6 is 0 Å². The lowest BCUT2D eigenvalue weighted by molar-refractivity contribution is 0.555. The molecule has 3 rings (SSSR count). The Morgan fingerprint density at radius 3 is 2.55 bits per heavy atom. The van der Waals surface area contributed by atoms with Crippen LogP contribution in [-0.2, 0) is 10.0 Å². The average molecular weight is 290 g/mol. The Balaban J connectivity index is 1.98. The molecule has 102 valence electrons. The summed E-state index contributed by atoms with van der Waals surface area (Å²) in [4.78, 5) is 13.7. The first-order valence-corrected chi connectivity index (χ1v) is 7.24. The van der Waals surface area contributed by atoms with Crippen LogP contribution in [0.25, 0.3) is 11.1 Å². The fraction of sp³-hybridized carbons (Fsp3) is 0. The normalized spacial score (nSPS) is 11.6. The number of hydrogen-bond acceptors (Lipinski definition) is 4. The third kappa shape index (κ3) is 2.30. The van der Waals surface area contributed by atoms with Gasteiger partial charge in [0.15, 0.2) is 5.58 Å². The van der Waals surface area contributed by atoms with Crippen LogP contribution in [0, 0.1) is 0 Å². The fourth-order valence-electron chi connectivity index (χ4n) is 1.82. The first kappa shape index (κ1) is 12.5. The molecule has 0 atom stereocenters. The van der Waals surface area contributed by atoms with Gasteiger partial charge >= 0.3 is 5.76 Å². The molecule has 2 aromatic carbocycles. The van der Waals surface area contributed by atoms with Crippen molar-refractivity contribution in [1.82, 2.24) is 4.98 Å². The van der Waals surface area contributed by atoms with Crippen molar-refractivity contribution in [3.05, 3.63) is 59.1 Å². The third-order valence-electron chi connectivity index (χ3n) is 2.73. The Morgan fingerprint density at radius 1 is 1.05 bits per heavy atom. The molecule has 0 spiro atoms. The predicted molar refractivity (Wildman–Crippen MR) is 74.1 cm³/mol. The van der Waals surface area contributed by atoms with Gasteiger partial charge in [-0.25, -0.2) is 13.2 Å². The molecule has 0 amide bonds. The van der Waals surface area contributed by atoms with E-state index in [4.69, 9.17) is 4.42 Å². The highest BCUT2D eigenvalue weighted by Crippen LogP contribution is 2.19. The monoisotopic (exact) mass is 290 g/mol. The number of sulfonamides is 1. The summed E-state index contributed by atoms with van der Waals surface area (Å²) < 4.78 is 31.6. The summed E-state index contributed by atoms with van der Waals surface area (Å²) in [6.45, 7) is 0. The number of oxazole rings is 1. The molecular formula is C13H10N2O4S. The van der Waals surface area contributed by atoms with Gasteiger partial charge in [0.1, 0.15) is 0 Å². The molecule has 0 saturated heterocycles. The van der Waals surface area contributed by atoms with Gasteiger partial charge < -0.3 is 4.42 Å². The lowest BCUT2D eigenvalue weighted by Gasteiger charge is -2.07. The largest absolute Gasteiger partial charge is 0.417 e. The Bertz CT molecular complexity index is 910. The summed E-state index contributed by atoms with van der Waals surface area (Å²) >= 11 is 0. The van der Waals surface area contributed by atoms with Crippen LogP contribution in [0.5, 0.6) is 0 Å². The van der Waals surface area contributed by atoms with Crippen molar-refractivity contribution in [2.75, 3.05) is 4.72 Å². The molecule has 20 heavy (non-hydrogen) atoms. The fourth-order valence-corrected chi connectivity index (χ4v) is 2.89. The number of H-pyrrole nitrogens is 1. The quantitative estimate of drug-likeness (QED) is 0.770. The van der Waals surface area contributed by atoms with Crippen molar-refractivity contribution in [2.24, 2.45) is 0 Å². The zero-order valence-corrected chi connectivity index (χ0v) is 11.0. The minimum atomic E-state index is -3.66. The molecule has 6 nitrogen and oxygen atoms in total. The Hall–Kier alpha value is -2.54. The van der Waals surface area contributed by atoms with Gasteiger partial charge in [0.05, 0.1) is 16.1 Å². The summed E-state index contributed by atoms with van der Waals surface area (Å²) in [6.07, 6.45) is 0. The van der Waals surface area contributed by atoms with Crippen molar-refractivity contribution < 1.29 is 12.8 Å². The summed E-state index contributed by atoms with van der Waals surface area (Å²) in [5.74, 6) is -0.580. The summed E-state index contributed by atoms with van der Waals surface area (Å²) in [5, 5.41) is 0. The van der Waals surface area contributed by atoms with E-state index in [1.54, 1.807) is 30.3 Å². The molecule has 3 aromatic rings. The molecule has 0 unspecified atom stereocenters. The molecule has 0 bridgehead atoms. The van der Waals surface area contributed by atoms with E-state index in [0.717, 1.165) is 0 Å². The number of anilines is 1. The SMILES string of the molecule is O=c1[nH]c2ccc(NS(=O)(=O)c3ccccc3)cc2o1. The van der Waals surface area contributed by atoms with Crippen LogP contribution in [0.15, 0.2) is 62.6 Å². The standard InChI is InChI=1S/C13H10N2O4S/c16-13-14-11-7-6-9(8-12(11)19-13)15-20(17,18)10-4-2-1-3-5-10/h1-8,15H,(H,14,16). The summed E-state index contributed by atoms with van der Waals surface area (Å²) in [7, 11) is -3.66. The Morgan fingerprint density at radius 2 is 1.80 bits per heavy atom. The molecule has 0 aliphatic rings. The van der Waals surface area contributed by atoms with Gasteiger partial charge in [0.2, 0.25) is 0 Å². The molecule has 1 heterocycles. The van der Waals surface area contributed by atoms with Crippen molar-refractivity contribution in [2.45, 2.75) is 4.90 Å². The van der Waals surface area contributed by atoms with Crippen LogP contribution < -0.4 is 10.5 Å². The van der Waals surface area contributed by atoms with E-state index in [1.807, 2.05) is 0 Å². The van der Waals surface area contributed by atoms with E-state index in [-0.39, 0.29) is 4.90 Å². The van der Waals surface area contributed by atoms with E-state index >= 15 is 0 Å². The van der Waals surface area contributed by atoms with Gasteiger partial charge in [0.25, 0.3) is 10.0 Å². The highest BCUT2D eigenvalue weighted by molar-refractivity contribution is 7.92. The maximum atomic E-state index is 12.1. The lowest BCUT2D eigenvalue weighted by atomic mass is 10.3. The third-order valence-corrected chi connectivity index (χ3v) is 4.12. The van der Waals surface area contributed by atoms with E-state index in [0.29, 0.717) is 16.8 Å². The minimum Gasteiger partial charge on any atom is -0.408 e. The van der Waals surface area contributed by atoms with E-state index in [2.05, 4.69) is 9.71 Å². The molecule has 1 aromatic heterocycles. The van der Waals surface area contributed by atoms with Gasteiger partial charge in [-0.1, -0.05) is 18.2 Å². The molecule has 0 radical (unpaired) electrons. The minimum absolute atomic E-state index is 0.163. The first-order valence-electron chi connectivity index (χ1n) is 5.75. The van der Waals surface area contributed by atoms with Crippen LogP contribution in [-0.4, -0.2) is 13.4 Å². The molecule has 0 aliphatic carbocycles. The van der Waals surface area contributed by atoms with Gasteiger partial charge in [-0.3, -0.25) is 9.71 Å². The number of rotatable bonds is 3. The maximum Gasteiger partial charge on any atom is 0.417 e. The van der Waals surface area contributed by atoms with E-state index < -0.39 is 15.8 Å². The predicted octanol–water partition coefficient (Wildman–Crippen LogP) is 1.92. The Labute approximate surface area is 114 Å². The second-order valence-corrected chi connectivity index (χ2v) is 5.83. The molecule has 2 N–H and O–H groups in total. The van der Waals surface area contributed by atoms with E-state index in [9.17, 15) is 13.2 Å². The van der Waals surface area contributed by atoms with Crippen molar-refractivity contribution in [3.8, 4) is 0 Å². The number of aromatic nitrogens is 1. The van der Waals surface area contributed by atoms with E-state index in [1.165, 1.54) is 18.2 Å². The number of hydrogen-bond donors (Lipinski definition) is 2. The molecule has 0 fully saturated rings. The average Bonchev–Trinajstić information content (AvgIpc) is 2.79. The molecule has 0 aliphatic heterocycles. The van der Waals surface area contributed by atoms with Gasteiger partial charge in [-0.15, -0.1) is 0 Å². The Kier molecular flexibility index (Phi) is 2.83. The van der Waals surface area contributed by atoms with Crippen molar-refractivity contribution >= 4 is 26.8 Å². The zero-order valence-electron chi connectivity index (χ0n) is 10.2. The summed E-state index contributed by atoms with van der Waals surface area (Å²) in [6, 6.07) is 12.6. The van der Waals surface area contributed by atoms with Gasteiger partial charge in [0, 0.05) is 6.07 Å². The van der Waals surface area contributed by atoms with Crippen LogP contribution in [0.2, 0.25) is 0 Å². The second-order valence-electron chi connectivity index (χ2n) is 4.14. The van der Waals surface area contributed by atoms with Crippen molar-refractivity contribution in [3.63, 3.8) is 0 Å². The number of benzene rings is 2.